The van der Waals surface area contributed by atoms with Crippen LogP contribution in [-0.2, 0) is 27.2 Å². The van der Waals surface area contributed by atoms with Gasteiger partial charge in [-0.25, -0.2) is 0 Å². The van der Waals surface area contributed by atoms with Crippen LogP contribution in [0.4, 0.5) is 5.69 Å². The standard InChI is InChI=1S/C28H29N3O4/c1-17-25-24-20-10-6-8-12-22(20)30(25)15-28(16-32,35-4)27(2,34-3)31(17)21-11-7-5-9-18(21)13-19-14-29-26(33)23(19)24/h5-12,32H,1,13-16H2,2-4H3,(H,29,33). The normalized spacial score (nSPS) is 25.5. The van der Waals surface area contributed by atoms with Gasteiger partial charge in [-0.05, 0) is 36.6 Å². The zero-order valence-corrected chi connectivity index (χ0v) is 20.2. The predicted molar refractivity (Wildman–Crippen MR) is 136 cm³/mol. The summed E-state index contributed by atoms with van der Waals surface area (Å²) in [5.41, 5.74) is 4.82. The number of aliphatic hydroxyl groups is 1. The minimum absolute atomic E-state index is 0.0724. The van der Waals surface area contributed by atoms with E-state index in [2.05, 4.69) is 27.4 Å². The molecular weight excluding hydrogens is 442 g/mol. The van der Waals surface area contributed by atoms with Crippen LogP contribution >= 0.6 is 0 Å². The van der Waals surface area contributed by atoms with Crippen molar-refractivity contribution in [3.8, 4) is 0 Å². The zero-order valence-electron chi connectivity index (χ0n) is 20.2. The molecule has 0 fully saturated rings. The van der Waals surface area contributed by atoms with E-state index in [1.807, 2.05) is 49.4 Å². The van der Waals surface area contributed by atoms with Crippen LogP contribution in [0.25, 0.3) is 22.2 Å². The highest BCUT2D eigenvalue weighted by Crippen LogP contribution is 2.51. The monoisotopic (exact) mass is 471 g/mol. The first-order chi connectivity index (χ1) is 16.9. The molecule has 35 heavy (non-hydrogen) atoms. The Bertz CT molecular complexity index is 1430. The van der Waals surface area contributed by atoms with Gasteiger partial charge in [0.2, 0.25) is 0 Å². The predicted octanol–water partition coefficient (Wildman–Crippen LogP) is 3.31. The van der Waals surface area contributed by atoms with Gasteiger partial charge in [-0.2, -0.15) is 0 Å². The SMILES string of the molecule is C=C1c2c3c4ccccc4n2CC(CO)(OC)C(C)(OC)N1c1ccccc1CC1=C3C(=O)NC1. The summed E-state index contributed by atoms with van der Waals surface area (Å²) >= 11 is 0. The summed E-state index contributed by atoms with van der Waals surface area (Å²) in [7, 11) is 3.24. The fraction of sp³-hybridized carbons (Fsp3) is 0.321. The van der Waals surface area contributed by atoms with Crippen molar-refractivity contribution in [1.29, 1.82) is 0 Å². The molecule has 7 nitrogen and oxygen atoms in total. The number of nitrogens with one attached hydrogen (secondary N) is 1. The smallest absolute Gasteiger partial charge is 0.252 e. The molecule has 2 N–H and O–H groups in total. The van der Waals surface area contributed by atoms with Gasteiger partial charge >= 0.3 is 0 Å². The first kappa shape index (κ1) is 22.1. The van der Waals surface area contributed by atoms with E-state index in [1.54, 1.807) is 14.2 Å². The third-order valence-electron chi connectivity index (χ3n) is 8.17. The Morgan fingerprint density at radius 2 is 1.86 bits per heavy atom. The molecule has 1 aromatic heterocycles. The van der Waals surface area contributed by atoms with Crippen molar-refractivity contribution in [2.75, 3.05) is 32.3 Å². The summed E-state index contributed by atoms with van der Waals surface area (Å²) in [6, 6.07) is 16.2. The van der Waals surface area contributed by atoms with E-state index in [0.29, 0.717) is 30.8 Å². The van der Waals surface area contributed by atoms with Crippen molar-refractivity contribution in [2.24, 2.45) is 0 Å². The number of hydrogen-bond donors (Lipinski definition) is 2. The van der Waals surface area contributed by atoms with Gasteiger partial charge in [0, 0.05) is 42.9 Å². The highest BCUT2D eigenvalue weighted by Gasteiger charge is 2.58. The molecule has 6 rings (SSSR count). The quantitative estimate of drug-likeness (QED) is 0.613. The number of carbonyl (C=O) groups is 1. The molecule has 7 heteroatoms. The highest BCUT2D eigenvalue weighted by atomic mass is 16.6. The average molecular weight is 472 g/mol. The lowest BCUT2D eigenvalue weighted by Gasteiger charge is -2.51. The molecule has 0 saturated heterocycles. The molecule has 3 aromatic rings. The van der Waals surface area contributed by atoms with Gasteiger partial charge in [0.1, 0.15) is 0 Å². The number of amides is 1. The number of nitrogens with zero attached hydrogens (tertiary/aromatic N) is 2. The van der Waals surface area contributed by atoms with Crippen molar-refractivity contribution in [1.82, 2.24) is 9.88 Å². The number of methoxy groups -OCH3 is 2. The van der Waals surface area contributed by atoms with Gasteiger partial charge in [-0.15, -0.1) is 0 Å². The molecule has 0 aliphatic carbocycles. The van der Waals surface area contributed by atoms with Gasteiger partial charge in [-0.1, -0.05) is 43.0 Å². The summed E-state index contributed by atoms with van der Waals surface area (Å²) in [5, 5.41) is 14.9. The van der Waals surface area contributed by atoms with E-state index in [4.69, 9.17) is 9.47 Å². The molecule has 0 radical (unpaired) electrons. The van der Waals surface area contributed by atoms with Gasteiger partial charge in [-0.3, -0.25) is 4.79 Å². The number of rotatable bonds is 3. The lowest BCUT2D eigenvalue weighted by molar-refractivity contribution is -0.195. The van der Waals surface area contributed by atoms with E-state index in [9.17, 15) is 9.90 Å². The van der Waals surface area contributed by atoms with Crippen LogP contribution in [0, 0.1) is 0 Å². The van der Waals surface area contributed by atoms with Gasteiger partial charge < -0.3 is 29.4 Å². The van der Waals surface area contributed by atoms with Crippen LogP contribution in [0.2, 0.25) is 0 Å². The molecule has 4 heterocycles. The second-order valence-electron chi connectivity index (χ2n) is 9.62. The number of para-hydroxylation sites is 2. The third kappa shape index (κ3) is 2.68. The van der Waals surface area contributed by atoms with Gasteiger partial charge in [0.05, 0.1) is 30.1 Å². The topological polar surface area (TPSA) is 76.0 Å². The fourth-order valence-electron chi connectivity index (χ4n) is 6.23. The van der Waals surface area contributed by atoms with E-state index >= 15 is 0 Å². The molecule has 3 aliphatic rings. The molecule has 3 aliphatic heterocycles. The zero-order chi connectivity index (χ0) is 24.5. The molecule has 2 aromatic carbocycles. The Kier molecular flexibility index (Phi) is 4.77. The first-order valence-corrected chi connectivity index (χ1v) is 11.8. The maximum atomic E-state index is 13.3. The minimum Gasteiger partial charge on any atom is -0.393 e. The fourth-order valence-corrected chi connectivity index (χ4v) is 6.23. The summed E-state index contributed by atoms with van der Waals surface area (Å²) < 4.78 is 14.5. The number of benzene rings is 2. The molecule has 2 bridgehead atoms. The largest absolute Gasteiger partial charge is 0.393 e. The summed E-state index contributed by atoms with van der Waals surface area (Å²) in [6.07, 6.45) is 0.603. The average Bonchev–Trinajstić information content (AvgIpc) is 3.37. The number of fused-ring (bicyclic) bond motifs is 7. The molecule has 2 atom stereocenters. The lowest BCUT2D eigenvalue weighted by atomic mass is 9.88. The summed E-state index contributed by atoms with van der Waals surface area (Å²) in [6.45, 7) is 7.07. The lowest BCUT2D eigenvalue weighted by Crippen LogP contribution is -2.66. The van der Waals surface area contributed by atoms with Crippen LogP contribution in [0.1, 0.15) is 23.7 Å². The van der Waals surface area contributed by atoms with Gasteiger partial charge in [0.15, 0.2) is 11.3 Å². The Morgan fingerprint density at radius 1 is 1.11 bits per heavy atom. The summed E-state index contributed by atoms with van der Waals surface area (Å²) in [5.74, 6) is -0.0724. The number of aromatic nitrogens is 1. The third-order valence-corrected chi connectivity index (χ3v) is 8.17. The van der Waals surface area contributed by atoms with Crippen LogP contribution in [0.5, 0.6) is 0 Å². The Hall–Kier alpha value is -3.39. The van der Waals surface area contributed by atoms with Crippen molar-refractivity contribution < 1.29 is 19.4 Å². The second-order valence-corrected chi connectivity index (χ2v) is 9.62. The van der Waals surface area contributed by atoms with E-state index in [-0.39, 0.29) is 12.5 Å². The van der Waals surface area contributed by atoms with Crippen LogP contribution in [0.3, 0.4) is 0 Å². The number of ether oxygens (including phenoxy) is 2. The van der Waals surface area contributed by atoms with Crippen LogP contribution in [-0.4, -0.2) is 54.3 Å². The number of anilines is 1. The molecule has 180 valence electrons. The Labute approximate surface area is 204 Å². The number of carbonyl (C=O) groups excluding carboxylic acids is 1. The molecule has 0 saturated carbocycles. The molecule has 0 spiro atoms. The van der Waals surface area contributed by atoms with Gasteiger partial charge in [0.25, 0.3) is 5.91 Å². The first-order valence-electron chi connectivity index (χ1n) is 11.8. The number of hydrogen-bond acceptors (Lipinski definition) is 5. The van der Waals surface area contributed by atoms with E-state index in [0.717, 1.165) is 39.0 Å². The van der Waals surface area contributed by atoms with Crippen molar-refractivity contribution in [3.63, 3.8) is 0 Å². The minimum atomic E-state index is -1.14. The van der Waals surface area contributed by atoms with Crippen molar-refractivity contribution >= 4 is 33.8 Å². The Morgan fingerprint density at radius 3 is 2.60 bits per heavy atom. The molecular formula is C28H29N3O4. The summed E-state index contributed by atoms with van der Waals surface area (Å²) in [4.78, 5) is 15.4. The maximum Gasteiger partial charge on any atom is 0.252 e. The Balaban J connectivity index is 1.83. The van der Waals surface area contributed by atoms with E-state index in [1.165, 1.54) is 0 Å². The van der Waals surface area contributed by atoms with Crippen LogP contribution in [0.15, 0.2) is 60.7 Å². The number of aliphatic hydroxyl groups excluding tert-OH is 1. The van der Waals surface area contributed by atoms with Crippen LogP contribution < -0.4 is 10.2 Å². The molecule has 1 amide bonds. The second kappa shape index (κ2) is 7.55. The van der Waals surface area contributed by atoms with E-state index < -0.39 is 11.3 Å². The highest BCUT2D eigenvalue weighted by molar-refractivity contribution is 6.27. The molecule has 2 unspecified atom stereocenters. The van der Waals surface area contributed by atoms with Crippen molar-refractivity contribution in [2.45, 2.75) is 31.2 Å². The maximum absolute atomic E-state index is 13.3. The van der Waals surface area contributed by atoms with Crippen molar-refractivity contribution in [3.05, 3.63) is 77.5 Å².